The molecule has 1 N–H and O–H groups in total. The molecular formula is C10H14ClN. The Morgan fingerprint density at radius 2 is 2.17 bits per heavy atom. The van der Waals surface area contributed by atoms with Crippen LogP contribution in [0.15, 0.2) is 18.2 Å². The first-order valence-electron chi connectivity index (χ1n) is 4.24. The minimum atomic E-state index is 0.831. The Morgan fingerprint density at radius 3 is 2.75 bits per heavy atom. The van der Waals surface area contributed by atoms with Crippen LogP contribution in [0.25, 0.3) is 0 Å². The highest BCUT2D eigenvalue weighted by molar-refractivity contribution is 6.31. The van der Waals surface area contributed by atoms with E-state index in [-0.39, 0.29) is 0 Å². The van der Waals surface area contributed by atoms with Crippen LogP contribution in [0.3, 0.4) is 0 Å². The molecule has 0 saturated heterocycles. The van der Waals surface area contributed by atoms with Crippen LogP contribution in [0.4, 0.5) is 5.69 Å². The SMILES string of the molecule is CCCNc1ccc(Cl)c(C)c1. The third-order valence-electron chi connectivity index (χ3n) is 1.74. The molecular weight excluding hydrogens is 170 g/mol. The van der Waals surface area contributed by atoms with Gasteiger partial charge in [-0.3, -0.25) is 0 Å². The lowest BCUT2D eigenvalue weighted by Gasteiger charge is -2.05. The molecule has 1 rings (SSSR count). The molecule has 0 unspecified atom stereocenters. The predicted molar refractivity (Wildman–Crippen MR) is 55.0 cm³/mol. The summed E-state index contributed by atoms with van der Waals surface area (Å²) in [6, 6.07) is 6.00. The van der Waals surface area contributed by atoms with Crippen molar-refractivity contribution in [3.63, 3.8) is 0 Å². The zero-order valence-electron chi connectivity index (χ0n) is 7.52. The van der Waals surface area contributed by atoms with E-state index in [1.54, 1.807) is 0 Å². The van der Waals surface area contributed by atoms with E-state index in [1.165, 1.54) is 0 Å². The van der Waals surface area contributed by atoms with Crippen molar-refractivity contribution >= 4 is 17.3 Å². The van der Waals surface area contributed by atoms with Gasteiger partial charge in [0.15, 0.2) is 0 Å². The summed E-state index contributed by atoms with van der Waals surface area (Å²) >= 11 is 5.89. The summed E-state index contributed by atoms with van der Waals surface area (Å²) in [5, 5.41) is 4.13. The molecule has 0 heterocycles. The van der Waals surface area contributed by atoms with Gasteiger partial charge in [-0.1, -0.05) is 18.5 Å². The molecule has 0 atom stereocenters. The van der Waals surface area contributed by atoms with E-state index in [2.05, 4.69) is 18.3 Å². The van der Waals surface area contributed by atoms with Crippen molar-refractivity contribution in [3.05, 3.63) is 28.8 Å². The average molecular weight is 184 g/mol. The van der Waals surface area contributed by atoms with Gasteiger partial charge in [-0.05, 0) is 37.1 Å². The molecule has 1 aromatic rings. The van der Waals surface area contributed by atoms with Crippen LogP contribution in [-0.2, 0) is 0 Å². The topological polar surface area (TPSA) is 12.0 Å². The Labute approximate surface area is 78.7 Å². The molecule has 1 aromatic carbocycles. The Balaban J connectivity index is 2.69. The molecule has 66 valence electrons. The first-order valence-corrected chi connectivity index (χ1v) is 4.62. The minimum Gasteiger partial charge on any atom is -0.385 e. The number of halogens is 1. The second kappa shape index (κ2) is 4.36. The maximum Gasteiger partial charge on any atom is 0.0436 e. The highest BCUT2D eigenvalue weighted by atomic mass is 35.5. The van der Waals surface area contributed by atoms with Gasteiger partial charge in [-0.25, -0.2) is 0 Å². The fourth-order valence-electron chi connectivity index (χ4n) is 1.02. The maximum atomic E-state index is 5.89. The highest BCUT2D eigenvalue weighted by Gasteiger charge is 1.95. The molecule has 0 spiro atoms. The average Bonchev–Trinajstić information content (AvgIpc) is 2.07. The van der Waals surface area contributed by atoms with Gasteiger partial charge in [-0.2, -0.15) is 0 Å². The lowest BCUT2D eigenvalue weighted by molar-refractivity contribution is 0.979. The highest BCUT2D eigenvalue weighted by Crippen LogP contribution is 2.19. The van der Waals surface area contributed by atoms with E-state index in [0.29, 0.717) is 0 Å². The maximum absolute atomic E-state index is 5.89. The van der Waals surface area contributed by atoms with Crippen molar-refractivity contribution in [2.45, 2.75) is 20.3 Å². The number of aryl methyl sites for hydroxylation is 1. The molecule has 0 fully saturated rings. The number of hydrogen-bond donors (Lipinski definition) is 1. The number of hydrogen-bond acceptors (Lipinski definition) is 1. The van der Waals surface area contributed by atoms with Crippen molar-refractivity contribution < 1.29 is 0 Å². The number of anilines is 1. The standard InChI is InChI=1S/C10H14ClN/c1-3-6-12-9-4-5-10(11)8(2)7-9/h4-5,7,12H,3,6H2,1-2H3. The number of nitrogens with one attached hydrogen (secondary N) is 1. The van der Waals surface area contributed by atoms with Gasteiger partial charge in [0.05, 0.1) is 0 Å². The van der Waals surface area contributed by atoms with Gasteiger partial charge >= 0.3 is 0 Å². The van der Waals surface area contributed by atoms with Gasteiger partial charge in [0, 0.05) is 17.3 Å². The molecule has 0 saturated carbocycles. The van der Waals surface area contributed by atoms with Gasteiger partial charge in [-0.15, -0.1) is 0 Å². The van der Waals surface area contributed by atoms with E-state index in [4.69, 9.17) is 11.6 Å². The van der Waals surface area contributed by atoms with Gasteiger partial charge < -0.3 is 5.32 Å². The summed E-state index contributed by atoms with van der Waals surface area (Å²) in [4.78, 5) is 0. The Hall–Kier alpha value is -0.690. The Morgan fingerprint density at radius 1 is 1.42 bits per heavy atom. The predicted octanol–water partition coefficient (Wildman–Crippen LogP) is 3.47. The fraction of sp³-hybridized carbons (Fsp3) is 0.400. The minimum absolute atomic E-state index is 0.831. The number of rotatable bonds is 3. The zero-order valence-corrected chi connectivity index (χ0v) is 8.28. The quantitative estimate of drug-likeness (QED) is 0.757. The van der Waals surface area contributed by atoms with E-state index in [9.17, 15) is 0 Å². The van der Waals surface area contributed by atoms with Crippen molar-refractivity contribution in [1.82, 2.24) is 0 Å². The van der Waals surface area contributed by atoms with Crippen LogP contribution in [-0.4, -0.2) is 6.54 Å². The second-order valence-electron chi connectivity index (χ2n) is 2.89. The Bertz CT molecular complexity index is 258. The van der Waals surface area contributed by atoms with Gasteiger partial charge in [0.2, 0.25) is 0 Å². The molecule has 0 aliphatic carbocycles. The molecule has 1 nitrogen and oxygen atoms in total. The summed E-state index contributed by atoms with van der Waals surface area (Å²) in [5.74, 6) is 0. The van der Waals surface area contributed by atoms with Crippen LogP contribution < -0.4 is 5.32 Å². The van der Waals surface area contributed by atoms with E-state index in [0.717, 1.165) is 29.2 Å². The van der Waals surface area contributed by atoms with Gasteiger partial charge in [0.25, 0.3) is 0 Å². The molecule has 12 heavy (non-hydrogen) atoms. The first kappa shape index (κ1) is 9.40. The fourth-order valence-corrected chi connectivity index (χ4v) is 1.14. The van der Waals surface area contributed by atoms with Crippen LogP contribution in [0.5, 0.6) is 0 Å². The molecule has 0 aliphatic rings. The third kappa shape index (κ3) is 2.42. The molecule has 0 amide bonds. The summed E-state index contributed by atoms with van der Waals surface area (Å²) in [5.41, 5.74) is 2.27. The van der Waals surface area contributed by atoms with Crippen LogP contribution in [0.2, 0.25) is 5.02 Å². The van der Waals surface area contributed by atoms with Gasteiger partial charge in [0.1, 0.15) is 0 Å². The van der Waals surface area contributed by atoms with Crippen molar-refractivity contribution in [2.24, 2.45) is 0 Å². The molecule has 0 radical (unpaired) electrons. The van der Waals surface area contributed by atoms with E-state index in [1.807, 2.05) is 19.1 Å². The summed E-state index contributed by atoms with van der Waals surface area (Å²) in [7, 11) is 0. The normalized spacial score (nSPS) is 9.92. The molecule has 2 heteroatoms. The monoisotopic (exact) mass is 183 g/mol. The Kier molecular flexibility index (Phi) is 3.42. The lowest BCUT2D eigenvalue weighted by Crippen LogP contribution is -1.99. The summed E-state index contributed by atoms with van der Waals surface area (Å²) in [6.07, 6.45) is 1.14. The molecule has 0 aliphatic heterocycles. The smallest absolute Gasteiger partial charge is 0.0436 e. The van der Waals surface area contributed by atoms with Crippen LogP contribution >= 0.6 is 11.6 Å². The summed E-state index contributed by atoms with van der Waals surface area (Å²) < 4.78 is 0. The van der Waals surface area contributed by atoms with E-state index < -0.39 is 0 Å². The van der Waals surface area contributed by atoms with Crippen molar-refractivity contribution in [3.8, 4) is 0 Å². The van der Waals surface area contributed by atoms with Crippen LogP contribution in [0, 0.1) is 6.92 Å². The third-order valence-corrected chi connectivity index (χ3v) is 2.16. The molecule has 0 bridgehead atoms. The molecule has 0 aromatic heterocycles. The first-order chi connectivity index (χ1) is 5.74. The summed E-state index contributed by atoms with van der Waals surface area (Å²) in [6.45, 7) is 5.18. The zero-order chi connectivity index (χ0) is 8.97. The largest absolute Gasteiger partial charge is 0.385 e. The number of benzene rings is 1. The van der Waals surface area contributed by atoms with Crippen LogP contribution in [0.1, 0.15) is 18.9 Å². The second-order valence-corrected chi connectivity index (χ2v) is 3.30. The lowest BCUT2D eigenvalue weighted by atomic mass is 10.2. The van der Waals surface area contributed by atoms with E-state index >= 15 is 0 Å². The van der Waals surface area contributed by atoms with Crippen molar-refractivity contribution in [2.75, 3.05) is 11.9 Å². The van der Waals surface area contributed by atoms with Crippen molar-refractivity contribution in [1.29, 1.82) is 0 Å².